The monoisotopic (exact) mass is 238 g/mol. The Bertz CT molecular complexity index is 173. The maximum Gasteiger partial charge on any atom is 0.522 e. The predicted octanol–water partition coefficient (Wildman–Crippen LogP) is 3.89. The van der Waals surface area contributed by atoms with Gasteiger partial charge in [0.25, 0.3) is 0 Å². The average Bonchev–Trinajstić information content (AvgIpc) is 1.99. The lowest BCUT2D eigenvalue weighted by molar-refractivity contribution is -0.338. The van der Waals surface area contributed by atoms with E-state index >= 15 is 0 Å². The van der Waals surface area contributed by atoms with Gasteiger partial charge in [-0.25, -0.2) is 0 Å². The second-order valence-corrected chi connectivity index (χ2v) is 3.14. The third-order valence-electron chi connectivity index (χ3n) is 1.82. The van der Waals surface area contributed by atoms with Crippen LogP contribution >= 0.6 is 0 Å². The van der Waals surface area contributed by atoms with E-state index in [1.54, 1.807) is 6.92 Å². The lowest BCUT2D eigenvalue weighted by Crippen LogP contribution is -2.30. The minimum Gasteiger partial charge on any atom is -0.291 e. The Balaban J connectivity index is 4.14. The minimum atomic E-state index is -5.00. The van der Waals surface area contributed by atoms with Crippen molar-refractivity contribution in [3.05, 3.63) is 0 Å². The third-order valence-corrected chi connectivity index (χ3v) is 1.82. The van der Waals surface area contributed by atoms with Gasteiger partial charge in [0.2, 0.25) is 0 Å². The first-order chi connectivity index (χ1) is 6.67. The summed E-state index contributed by atoms with van der Waals surface area (Å²) < 4.78 is 74.3. The smallest absolute Gasteiger partial charge is 0.291 e. The topological polar surface area (TPSA) is 9.23 Å². The quantitative estimate of drug-likeness (QED) is 0.660. The van der Waals surface area contributed by atoms with E-state index in [1.807, 2.05) is 0 Å². The van der Waals surface area contributed by atoms with Crippen molar-refractivity contribution in [2.75, 3.05) is 6.61 Å². The van der Waals surface area contributed by atoms with Crippen LogP contribution in [0.15, 0.2) is 0 Å². The summed E-state index contributed by atoms with van der Waals surface area (Å²) in [7, 11) is 0. The van der Waals surface area contributed by atoms with Crippen molar-refractivity contribution in [3.63, 3.8) is 0 Å². The first kappa shape index (κ1) is 14.5. The fraction of sp³-hybridized carbons (Fsp3) is 1.00. The van der Waals surface area contributed by atoms with Crippen molar-refractivity contribution >= 4 is 0 Å². The van der Waals surface area contributed by atoms with E-state index < -0.39 is 25.1 Å². The lowest BCUT2D eigenvalue weighted by Gasteiger charge is -2.20. The van der Waals surface area contributed by atoms with Gasteiger partial charge in [0, 0.05) is 0 Å². The molecule has 0 aliphatic rings. The molecule has 92 valence electrons. The standard InChI is InChI=1S/C8H12F6O/c1-2-3-4-6(7(9,10)11)5-15-8(12,13)14/h6H,2-5H2,1H3. The summed E-state index contributed by atoms with van der Waals surface area (Å²) in [4.78, 5) is 0. The van der Waals surface area contributed by atoms with Gasteiger partial charge < -0.3 is 0 Å². The van der Waals surface area contributed by atoms with E-state index in [2.05, 4.69) is 4.74 Å². The van der Waals surface area contributed by atoms with Crippen LogP contribution in [0.5, 0.6) is 0 Å². The zero-order chi connectivity index (χ0) is 12.1. The van der Waals surface area contributed by atoms with Crippen LogP contribution in [0.1, 0.15) is 26.2 Å². The summed E-state index contributed by atoms with van der Waals surface area (Å²) in [6.45, 7) is 0.311. The Labute approximate surface area is 83.4 Å². The normalized spacial score (nSPS) is 15.4. The molecule has 7 heteroatoms. The molecule has 0 heterocycles. The van der Waals surface area contributed by atoms with Crippen molar-refractivity contribution in [1.29, 1.82) is 0 Å². The van der Waals surface area contributed by atoms with Gasteiger partial charge >= 0.3 is 12.5 Å². The van der Waals surface area contributed by atoms with E-state index in [1.165, 1.54) is 0 Å². The maximum absolute atomic E-state index is 12.2. The molecule has 0 fully saturated rings. The van der Waals surface area contributed by atoms with Crippen LogP contribution in [-0.4, -0.2) is 19.1 Å². The largest absolute Gasteiger partial charge is 0.522 e. The van der Waals surface area contributed by atoms with Gasteiger partial charge in [-0.1, -0.05) is 19.8 Å². The summed E-state index contributed by atoms with van der Waals surface area (Å²) in [5, 5.41) is 0. The summed E-state index contributed by atoms with van der Waals surface area (Å²) in [5.74, 6) is -2.04. The SMILES string of the molecule is CCCCC(COC(F)(F)F)C(F)(F)F. The third kappa shape index (κ3) is 7.47. The average molecular weight is 238 g/mol. The van der Waals surface area contributed by atoms with Crippen LogP contribution < -0.4 is 0 Å². The zero-order valence-corrected chi connectivity index (χ0v) is 8.08. The number of alkyl halides is 6. The van der Waals surface area contributed by atoms with E-state index in [0.717, 1.165) is 0 Å². The van der Waals surface area contributed by atoms with Gasteiger partial charge in [-0.05, 0) is 6.42 Å². The van der Waals surface area contributed by atoms with Gasteiger partial charge in [0.1, 0.15) is 0 Å². The van der Waals surface area contributed by atoms with Crippen LogP contribution in [0.25, 0.3) is 0 Å². The van der Waals surface area contributed by atoms with E-state index in [9.17, 15) is 26.3 Å². The Morgan fingerprint density at radius 2 is 1.60 bits per heavy atom. The van der Waals surface area contributed by atoms with Gasteiger partial charge in [0.05, 0.1) is 12.5 Å². The first-order valence-electron chi connectivity index (χ1n) is 4.44. The van der Waals surface area contributed by atoms with E-state index in [0.29, 0.717) is 6.42 Å². The van der Waals surface area contributed by atoms with Gasteiger partial charge in [-0.3, -0.25) is 4.74 Å². The molecule has 0 bridgehead atoms. The first-order valence-corrected chi connectivity index (χ1v) is 4.44. The maximum atomic E-state index is 12.2. The fourth-order valence-electron chi connectivity index (χ4n) is 0.987. The zero-order valence-electron chi connectivity index (χ0n) is 8.08. The van der Waals surface area contributed by atoms with Crippen molar-refractivity contribution in [2.24, 2.45) is 5.92 Å². The molecule has 0 aromatic rings. The van der Waals surface area contributed by atoms with Gasteiger partial charge in [-0.2, -0.15) is 13.2 Å². The molecule has 0 aromatic heterocycles. The molecule has 1 atom stereocenters. The van der Waals surface area contributed by atoms with Crippen molar-refractivity contribution in [1.82, 2.24) is 0 Å². The Hall–Kier alpha value is -0.460. The molecule has 0 radical (unpaired) electrons. The highest BCUT2D eigenvalue weighted by Gasteiger charge is 2.42. The molecule has 1 nitrogen and oxygen atoms in total. The number of halogens is 6. The van der Waals surface area contributed by atoms with Gasteiger partial charge in [-0.15, -0.1) is 13.2 Å². The highest BCUT2D eigenvalue weighted by molar-refractivity contribution is 4.67. The number of rotatable bonds is 5. The minimum absolute atomic E-state index is 0.228. The summed E-state index contributed by atoms with van der Waals surface area (Å²) in [5.41, 5.74) is 0. The highest BCUT2D eigenvalue weighted by Crippen LogP contribution is 2.32. The number of unbranched alkanes of at least 4 members (excludes halogenated alkanes) is 1. The molecule has 0 saturated heterocycles. The number of hydrogen-bond acceptors (Lipinski definition) is 1. The summed E-state index contributed by atoms with van der Waals surface area (Å²) in [6, 6.07) is 0. The molecule has 0 aliphatic carbocycles. The van der Waals surface area contributed by atoms with Crippen molar-refractivity contribution < 1.29 is 31.1 Å². The Kier molecular flexibility index (Phi) is 5.41. The molecule has 0 aliphatic heterocycles. The number of hydrogen-bond donors (Lipinski definition) is 0. The molecule has 0 amide bonds. The van der Waals surface area contributed by atoms with Crippen LogP contribution in [-0.2, 0) is 4.74 Å². The predicted molar refractivity (Wildman–Crippen MR) is 41.1 cm³/mol. The van der Waals surface area contributed by atoms with Crippen LogP contribution in [0, 0.1) is 5.92 Å². The molecule has 0 rings (SSSR count). The highest BCUT2D eigenvalue weighted by atomic mass is 19.4. The molecule has 0 spiro atoms. The van der Waals surface area contributed by atoms with Crippen molar-refractivity contribution in [2.45, 2.75) is 38.7 Å². The fourth-order valence-corrected chi connectivity index (χ4v) is 0.987. The molecule has 15 heavy (non-hydrogen) atoms. The van der Waals surface area contributed by atoms with Gasteiger partial charge in [0.15, 0.2) is 0 Å². The molecular formula is C8H12F6O. The molecule has 1 unspecified atom stereocenters. The van der Waals surface area contributed by atoms with E-state index in [4.69, 9.17) is 0 Å². The molecular weight excluding hydrogens is 226 g/mol. The summed E-state index contributed by atoms with van der Waals surface area (Å²) >= 11 is 0. The Morgan fingerprint density at radius 3 is 1.93 bits per heavy atom. The lowest BCUT2D eigenvalue weighted by atomic mass is 10.0. The number of ether oxygens (including phenoxy) is 1. The summed E-state index contributed by atoms with van der Waals surface area (Å²) in [6.07, 6.45) is -9.25. The second-order valence-electron chi connectivity index (χ2n) is 3.14. The molecule has 0 aromatic carbocycles. The van der Waals surface area contributed by atoms with Crippen LogP contribution in [0.4, 0.5) is 26.3 Å². The van der Waals surface area contributed by atoms with Crippen LogP contribution in [0.2, 0.25) is 0 Å². The van der Waals surface area contributed by atoms with E-state index in [-0.39, 0.29) is 12.8 Å². The second kappa shape index (κ2) is 5.58. The van der Waals surface area contributed by atoms with Crippen molar-refractivity contribution in [3.8, 4) is 0 Å². The molecule has 0 saturated carbocycles. The van der Waals surface area contributed by atoms with Crippen LogP contribution in [0.3, 0.4) is 0 Å². The molecule has 0 N–H and O–H groups in total. The Morgan fingerprint density at radius 1 is 1.07 bits per heavy atom.